The summed E-state index contributed by atoms with van der Waals surface area (Å²) >= 11 is 5.59. The molecule has 1 aliphatic rings. The molecule has 0 aromatic heterocycles. The van der Waals surface area contributed by atoms with Gasteiger partial charge in [-0.25, -0.2) is 4.79 Å². The molecule has 0 aliphatic carbocycles. The van der Waals surface area contributed by atoms with Gasteiger partial charge in [0, 0.05) is 24.7 Å². The van der Waals surface area contributed by atoms with Crippen molar-refractivity contribution in [1.29, 1.82) is 0 Å². The van der Waals surface area contributed by atoms with E-state index in [-0.39, 0.29) is 0 Å². The van der Waals surface area contributed by atoms with Crippen molar-refractivity contribution in [2.24, 2.45) is 0 Å². The Morgan fingerprint density at radius 3 is 2.00 bits per heavy atom. The third-order valence-corrected chi connectivity index (χ3v) is 5.04. The molecule has 0 spiro atoms. The largest absolute Gasteiger partial charge is 0.497 e. The lowest BCUT2D eigenvalue weighted by molar-refractivity contribution is 0.0734. The third-order valence-electron chi connectivity index (χ3n) is 4.54. The second-order valence-corrected chi connectivity index (χ2v) is 6.75. The fourth-order valence-corrected chi connectivity index (χ4v) is 3.36. The summed E-state index contributed by atoms with van der Waals surface area (Å²) < 4.78 is 15.9. The van der Waals surface area contributed by atoms with Gasteiger partial charge in [-0.1, -0.05) is 12.2 Å². The summed E-state index contributed by atoms with van der Waals surface area (Å²) in [7, 11) is 3.07. The number of carbonyl (C=O) groups excluding carboxylic acids is 1. The van der Waals surface area contributed by atoms with Crippen LogP contribution < -0.4 is 14.2 Å². The van der Waals surface area contributed by atoms with Crippen LogP contribution in [0.2, 0.25) is 0 Å². The maximum absolute atomic E-state index is 12.4. The van der Waals surface area contributed by atoms with Gasteiger partial charge in [-0.2, -0.15) is 0 Å². The van der Waals surface area contributed by atoms with E-state index in [9.17, 15) is 4.79 Å². The van der Waals surface area contributed by atoms with Crippen LogP contribution >= 0.6 is 12.2 Å². The van der Waals surface area contributed by atoms with Gasteiger partial charge in [-0.3, -0.25) is 0 Å². The number of piperidine rings is 1. The van der Waals surface area contributed by atoms with Crippen molar-refractivity contribution in [2.45, 2.75) is 19.3 Å². The molecule has 0 radical (unpaired) electrons. The van der Waals surface area contributed by atoms with Crippen LogP contribution in [0, 0.1) is 0 Å². The van der Waals surface area contributed by atoms with Crippen molar-refractivity contribution in [1.82, 2.24) is 4.90 Å². The molecule has 0 amide bonds. The average Bonchev–Trinajstić information content (AvgIpc) is 2.74. The van der Waals surface area contributed by atoms with Gasteiger partial charge >= 0.3 is 5.97 Å². The zero-order chi connectivity index (χ0) is 19.2. The van der Waals surface area contributed by atoms with Crippen LogP contribution in [0.4, 0.5) is 0 Å². The van der Waals surface area contributed by atoms with E-state index in [2.05, 4.69) is 4.90 Å². The van der Waals surface area contributed by atoms with Gasteiger partial charge in [-0.05, 0) is 55.7 Å². The van der Waals surface area contributed by atoms with Gasteiger partial charge in [0.05, 0.1) is 19.8 Å². The minimum absolute atomic E-state index is 0.360. The molecule has 5 nitrogen and oxygen atoms in total. The van der Waals surface area contributed by atoms with Gasteiger partial charge in [0.25, 0.3) is 0 Å². The number of esters is 1. The van der Waals surface area contributed by atoms with E-state index in [1.807, 2.05) is 12.1 Å². The topological polar surface area (TPSA) is 48.0 Å². The molecule has 0 N–H and O–H groups in total. The number of hydrogen-bond acceptors (Lipinski definition) is 5. The highest BCUT2D eigenvalue weighted by atomic mass is 32.1. The summed E-state index contributed by atoms with van der Waals surface area (Å²) in [6.45, 7) is 2.01. The molecular formula is C21H23NO4S. The molecule has 142 valence electrons. The second-order valence-electron chi connectivity index (χ2n) is 6.37. The van der Waals surface area contributed by atoms with Crippen molar-refractivity contribution >= 4 is 23.2 Å². The van der Waals surface area contributed by atoms with Crippen molar-refractivity contribution in [3.63, 3.8) is 0 Å². The molecule has 0 unspecified atom stereocenters. The number of thiocarbonyl (C=S) groups is 1. The number of methoxy groups -OCH3 is 2. The van der Waals surface area contributed by atoms with Crippen LogP contribution in [-0.4, -0.2) is 43.2 Å². The molecule has 2 aromatic rings. The number of benzene rings is 2. The van der Waals surface area contributed by atoms with Gasteiger partial charge in [0.1, 0.15) is 22.2 Å². The second kappa shape index (κ2) is 8.86. The summed E-state index contributed by atoms with van der Waals surface area (Å²) in [5.74, 6) is 1.05. The summed E-state index contributed by atoms with van der Waals surface area (Å²) in [6, 6.07) is 12.3. The first-order valence-corrected chi connectivity index (χ1v) is 9.36. The molecule has 0 bridgehead atoms. The fourth-order valence-electron chi connectivity index (χ4n) is 3.04. The van der Waals surface area contributed by atoms with Gasteiger partial charge in [0.15, 0.2) is 0 Å². The maximum Gasteiger partial charge on any atom is 0.343 e. The summed E-state index contributed by atoms with van der Waals surface area (Å²) in [4.78, 5) is 15.5. The predicted molar refractivity (Wildman–Crippen MR) is 108 cm³/mol. The molecule has 1 fully saturated rings. The molecule has 6 heteroatoms. The van der Waals surface area contributed by atoms with E-state index >= 15 is 0 Å². The Hall–Kier alpha value is -2.60. The van der Waals surface area contributed by atoms with E-state index in [4.69, 9.17) is 26.4 Å². The smallest absolute Gasteiger partial charge is 0.343 e. The lowest BCUT2D eigenvalue weighted by atomic mass is 10.1. The van der Waals surface area contributed by atoms with Crippen LogP contribution in [-0.2, 0) is 0 Å². The zero-order valence-electron chi connectivity index (χ0n) is 15.6. The lowest BCUT2D eigenvalue weighted by Gasteiger charge is -2.29. The van der Waals surface area contributed by atoms with Gasteiger partial charge in [-0.15, -0.1) is 0 Å². The number of carbonyl (C=O) groups is 1. The fraction of sp³-hybridized carbons (Fsp3) is 0.333. The minimum atomic E-state index is -0.474. The zero-order valence-corrected chi connectivity index (χ0v) is 16.4. The number of likely N-dealkylation sites (tertiary alicyclic amines) is 1. The molecule has 1 aliphatic heterocycles. The Balaban J connectivity index is 1.69. The van der Waals surface area contributed by atoms with Crippen LogP contribution in [0.15, 0.2) is 42.5 Å². The Bertz CT molecular complexity index is 791. The van der Waals surface area contributed by atoms with Gasteiger partial charge in [0.2, 0.25) is 0 Å². The highest BCUT2D eigenvalue weighted by Gasteiger charge is 2.16. The Labute approximate surface area is 164 Å². The predicted octanol–water partition coefficient (Wildman–Crippen LogP) is 4.08. The number of ether oxygens (including phenoxy) is 3. The lowest BCUT2D eigenvalue weighted by Crippen LogP contribution is -2.34. The van der Waals surface area contributed by atoms with Crippen molar-refractivity contribution in [3.8, 4) is 17.2 Å². The number of rotatable bonds is 5. The Morgan fingerprint density at radius 2 is 1.44 bits per heavy atom. The molecule has 3 rings (SSSR count). The maximum atomic E-state index is 12.4. The standard InChI is InChI=1S/C21H23NO4S/c1-24-18-12-16(13-19(14-18)25-2)21(23)26-17-8-6-15(7-9-17)20(27)22-10-4-3-5-11-22/h6-9,12-14H,3-5,10-11H2,1-2H3. The Kier molecular flexibility index (Phi) is 6.29. The van der Waals surface area contributed by atoms with Crippen LogP contribution in [0.1, 0.15) is 35.2 Å². The van der Waals surface area contributed by atoms with Crippen molar-refractivity contribution in [2.75, 3.05) is 27.3 Å². The monoisotopic (exact) mass is 385 g/mol. The van der Waals surface area contributed by atoms with Crippen molar-refractivity contribution in [3.05, 3.63) is 53.6 Å². The molecule has 1 heterocycles. The first kappa shape index (κ1) is 19.2. The first-order valence-electron chi connectivity index (χ1n) is 8.95. The molecule has 1 saturated heterocycles. The summed E-state index contributed by atoms with van der Waals surface area (Å²) in [5.41, 5.74) is 1.33. The number of nitrogens with zero attached hydrogens (tertiary/aromatic N) is 1. The quantitative estimate of drug-likeness (QED) is 0.439. The van der Waals surface area contributed by atoms with Crippen LogP contribution in [0.3, 0.4) is 0 Å². The normalized spacial score (nSPS) is 13.8. The van der Waals surface area contributed by atoms with E-state index in [0.717, 1.165) is 23.6 Å². The third kappa shape index (κ3) is 4.77. The SMILES string of the molecule is COc1cc(OC)cc(C(=O)Oc2ccc(C(=S)N3CCCCC3)cc2)c1. The Morgan fingerprint density at radius 1 is 0.852 bits per heavy atom. The highest BCUT2D eigenvalue weighted by Crippen LogP contribution is 2.24. The van der Waals surface area contributed by atoms with E-state index in [1.165, 1.54) is 33.5 Å². The van der Waals surface area contributed by atoms with E-state index < -0.39 is 5.97 Å². The summed E-state index contributed by atoms with van der Waals surface area (Å²) in [6.07, 6.45) is 3.63. The summed E-state index contributed by atoms with van der Waals surface area (Å²) in [5, 5.41) is 0. The van der Waals surface area contributed by atoms with Crippen molar-refractivity contribution < 1.29 is 19.0 Å². The molecule has 0 atom stereocenters. The minimum Gasteiger partial charge on any atom is -0.497 e. The van der Waals surface area contributed by atoms with E-state index in [1.54, 1.807) is 30.3 Å². The molecule has 2 aromatic carbocycles. The van der Waals surface area contributed by atoms with Crippen LogP contribution in [0.5, 0.6) is 17.2 Å². The first-order chi connectivity index (χ1) is 13.1. The van der Waals surface area contributed by atoms with Crippen LogP contribution in [0.25, 0.3) is 0 Å². The number of hydrogen-bond donors (Lipinski definition) is 0. The molecule has 0 saturated carbocycles. The molecule has 27 heavy (non-hydrogen) atoms. The average molecular weight is 385 g/mol. The highest BCUT2D eigenvalue weighted by molar-refractivity contribution is 7.80. The van der Waals surface area contributed by atoms with E-state index in [0.29, 0.717) is 22.8 Å². The molecular weight excluding hydrogens is 362 g/mol. The van der Waals surface area contributed by atoms with Gasteiger partial charge < -0.3 is 19.1 Å².